The molecule has 154 valence electrons. The minimum Gasteiger partial charge on any atom is -0.497 e. The molecule has 1 heterocycles. The molecule has 1 fully saturated rings. The maximum Gasteiger partial charge on any atom is 0.251 e. The Bertz CT molecular complexity index is 981. The van der Waals surface area contributed by atoms with E-state index in [1.54, 1.807) is 13.2 Å². The van der Waals surface area contributed by atoms with Crippen LogP contribution in [-0.2, 0) is 0 Å². The summed E-state index contributed by atoms with van der Waals surface area (Å²) in [5, 5.41) is 3.15. The number of hydrogen-bond acceptors (Lipinski definition) is 5. The molecule has 2 aromatic carbocycles. The Hall–Kier alpha value is -3.41. The van der Waals surface area contributed by atoms with Crippen molar-refractivity contribution < 1.29 is 14.3 Å². The van der Waals surface area contributed by atoms with Crippen LogP contribution in [0.4, 0.5) is 0 Å². The minimum atomic E-state index is -0.0142. The van der Waals surface area contributed by atoms with Crippen LogP contribution < -0.4 is 14.8 Å². The zero-order chi connectivity index (χ0) is 20.8. The summed E-state index contributed by atoms with van der Waals surface area (Å²) >= 11 is 0. The highest BCUT2D eigenvalue weighted by atomic mass is 16.5. The fraction of sp³-hybridized carbons (Fsp3) is 0.292. The first-order valence-corrected chi connectivity index (χ1v) is 10.3. The lowest BCUT2D eigenvalue weighted by atomic mass is 9.95. The molecule has 4 rings (SSSR count). The largest absolute Gasteiger partial charge is 0.497 e. The van der Waals surface area contributed by atoms with Gasteiger partial charge in [0, 0.05) is 23.2 Å². The van der Waals surface area contributed by atoms with Crippen molar-refractivity contribution in [1.29, 1.82) is 0 Å². The Morgan fingerprint density at radius 1 is 0.933 bits per heavy atom. The van der Waals surface area contributed by atoms with Gasteiger partial charge in [-0.2, -0.15) is 0 Å². The van der Waals surface area contributed by atoms with E-state index in [1.165, 1.54) is 25.6 Å². The van der Waals surface area contributed by atoms with Gasteiger partial charge in [0.2, 0.25) is 5.88 Å². The van der Waals surface area contributed by atoms with Gasteiger partial charge in [-0.3, -0.25) is 4.79 Å². The second-order valence-electron chi connectivity index (χ2n) is 7.40. The summed E-state index contributed by atoms with van der Waals surface area (Å²) in [6.45, 7) is 0. The third kappa shape index (κ3) is 4.95. The maximum atomic E-state index is 12.5. The van der Waals surface area contributed by atoms with Gasteiger partial charge in [0.05, 0.1) is 12.8 Å². The van der Waals surface area contributed by atoms with Gasteiger partial charge in [0.15, 0.2) is 0 Å². The van der Waals surface area contributed by atoms with Crippen LogP contribution >= 0.6 is 0 Å². The number of hydrogen-bond donors (Lipinski definition) is 1. The molecule has 1 saturated carbocycles. The number of amides is 1. The number of methoxy groups -OCH3 is 1. The predicted octanol–water partition coefficient (Wildman–Crippen LogP) is 5.01. The Kier molecular flexibility index (Phi) is 6.23. The molecular weight excluding hydrogens is 378 g/mol. The molecule has 1 amide bonds. The van der Waals surface area contributed by atoms with Crippen molar-refractivity contribution in [3.8, 4) is 28.6 Å². The van der Waals surface area contributed by atoms with E-state index >= 15 is 0 Å². The summed E-state index contributed by atoms with van der Waals surface area (Å²) in [6.07, 6.45) is 7.27. The fourth-order valence-corrected chi connectivity index (χ4v) is 3.63. The average molecular weight is 403 g/mol. The fourth-order valence-electron chi connectivity index (χ4n) is 3.63. The summed E-state index contributed by atoms with van der Waals surface area (Å²) in [4.78, 5) is 21.0. The van der Waals surface area contributed by atoms with Gasteiger partial charge in [-0.25, -0.2) is 9.97 Å². The lowest BCUT2D eigenvalue weighted by molar-refractivity contribution is 0.0927. The van der Waals surface area contributed by atoms with Crippen LogP contribution in [0.5, 0.6) is 17.4 Å². The number of nitrogens with one attached hydrogen (secondary N) is 1. The van der Waals surface area contributed by atoms with Gasteiger partial charge >= 0.3 is 0 Å². The Balaban J connectivity index is 1.43. The highest BCUT2D eigenvalue weighted by molar-refractivity contribution is 5.94. The van der Waals surface area contributed by atoms with Crippen molar-refractivity contribution in [2.45, 2.75) is 38.1 Å². The molecule has 0 spiro atoms. The van der Waals surface area contributed by atoms with E-state index in [2.05, 4.69) is 15.3 Å². The highest BCUT2D eigenvalue weighted by Gasteiger charge is 2.16. The molecule has 30 heavy (non-hydrogen) atoms. The van der Waals surface area contributed by atoms with Crippen molar-refractivity contribution in [3.63, 3.8) is 0 Å². The SMILES string of the molecule is COc1ccc(Oc2cc(-c3ccc(C(=O)NC4CCCCC4)cc3)ncn2)cc1. The van der Waals surface area contributed by atoms with E-state index in [0.29, 0.717) is 23.2 Å². The highest BCUT2D eigenvalue weighted by Crippen LogP contribution is 2.25. The Morgan fingerprint density at radius 3 is 2.33 bits per heavy atom. The molecule has 6 nitrogen and oxygen atoms in total. The summed E-state index contributed by atoms with van der Waals surface area (Å²) in [7, 11) is 1.62. The van der Waals surface area contributed by atoms with E-state index in [4.69, 9.17) is 9.47 Å². The summed E-state index contributed by atoms with van der Waals surface area (Å²) in [5.74, 6) is 1.86. The first-order valence-electron chi connectivity index (χ1n) is 10.3. The molecule has 3 aromatic rings. The number of carbonyl (C=O) groups is 1. The number of ether oxygens (including phenoxy) is 2. The van der Waals surface area contributed by atoms with Gasteiger partial charge in [-0.1, -0.05) is 31.4 Å². The standard InChI is InChI=1S/C24H25N3O3/c1-29-20-11-13-21(14-12-20)30-23-15-22(25-16-26-23)17-7-9-18(10-8-17)24(28)27-19-5-3-2-4-6-19/h7-16,19H,2-6H2,1H3,(H,27,28). The predicted molar refractivity (Wildman–Crippen MR) is 115 cm³/mol. The van der Waals surface area contributed by atoms with E-state index in [9.17, 15) is 4.79 Å². The third-order valence-corrected chi connectivity index (χ3v) is 5.31. The second-order valence-corrected chi connectivity index (χ2v) is 7.40. The normalized spacial score (nSPS) is 14.2. The molecule has 6 heteroatoms. The Morgan fingerprint density at radius 2 is 1.63 bits per heavy atom. The molecule has 1 aromatic heterocycles. The summed E-state index contributed by atoms with van der Waals surface area (Å²) in [5.41, 5.74) is 2.28. The summed E-state index contributed by atoms with van der Waals surface area (Å²) < 4.78 is 11.0. The lowest BCUT2D eigenvalue weighted by Gasteiger charge is -2.22. The quantitative estimate of drug-likeness (QED) is 0.626. The van der Waals surface area contributed by atoms with Crippen molar-refractivity contribution in [3.05, 3.63) is 66.5 Å². The zero-order valence-electron chi connectivity index (χ0n) is 17.0. The van der Waals surface area contributed by atoms with Crippen LogP contribution in [0, 0.1) is 0 Å². The lowest BCUT2D eigenvalue weighted by Crippen LogP contribution is -2.36. The van der Waals surface area contributed by atoms with Crippen LogP contribution in [-0.4, -0.2) is 29.0 Å². The zero-order valence-corrected chi connectivity index (χ0v) is 17.0. The monoisotopic (exact) mass is 403 g/mol. The first kappa shape index (κ1) is 19.9. The smallest absolute Gasteiger partial charge is 0.251 e. The molecule has 0 aliphatic heterocycles. The van der Waals surface area contributed by atoms with Crippen LogP contribution in [0.3, 0.4) is 0 Å². The molecule has 1 aliphatic rings. The van der Waals surface area contributed by atoms with E-state index < -0.39 is 0 Å². The van der Waals surface area contributed by atoms with Crippen LogP contribution in [0.1, 0.15) is 42.5 Å². The molecule has 0 atom stereocenters. The van der Waals surface area contributed by atoms with Crippen LogP contribution in [0.15, 0.2) is 60.9 Å². The number of aromatic nitrogens is 2. The molecule has 0 unspecified atom stereocenters. The number of carbonyl (C=O) groups excluding carboxylic acids is 1. The van der Waals surface area contributed by atoms with Gasteiger partial charge in [-0.05, 0) is 49.2 Å². The molecule has 1 aliphatic carbocycles. The number of nitrogens with zero attached hydrogens (tertiary/aromatic N) is 2. The minimum absolute atomic E-state index is 0.0142. The second kappa shape index (κ2) is 9.39. The van der Waals surface area contributed by atoms with Gasteiger partial charge < -0.3 is 14.8 Å². The number of rotatable bonds is 6. The van der Waals surface area contributed by atoms with Crippen molar-refractivity contribution >= 4 is 5.91 Å². The molecule has 0 radical (unpaired) electrons. The average Bonchev–Trinajstić information content (AvgIpc) is 2.80. The van der Waals surface area contributed by atoms with E-state index in [0.717, 1.165) is 29.8 Å². The third-order valence-electron chi connectivity index (χ3n) is 5.31. The molecule has 1 N–H and O–H groups in total. The van der Waals surface area contributed by atoms with Crippen molar-refractivity contribution in [1.82, 2.24) is 15.3 Å². The van der Waals surface area contributed by atoms with Crippen molar-refractivity contribution in [2.75, 3.05) is 7.11 Å². The maximum absolute atomic E-state index is 12.5. The van der Waals surface area contributed by atoms with Gasteiger partial charge in [0.1, 0.15) is 17.8 Å². The Labute approximate surface area is 176 Å². The molecular formula is C24H25N3O3. The van der Waals surface area contributed by atoms with Crippen molar-refractivity contribution in [2.24, 2.45) is 0 Å². The van der Waals surface area contributed by atoms with Crippen LogP contribution in [0.2, 0.25) is 0 Å². The first-order chi connectivity index (χ1) is 14.7. The van der Waals surface area contributed by atoms with Gasteiger partial charge in [-0.15, -0.1) is 0 Å². The topological polar surface area (TPSA) is 73.3 Å². The van der Waals surface area contributed by atoms with Crippen LogP contribution in [0.25, 0.3) is 11.3 Å². The van der Waals surface area contributed by atoms with Gasteiger partial charge in [0.25, 0.3) is 5.91 Å². The van der Waals surface area contributed by atoms with E-state index in [1.807, 2.05) is 48.5 Å². The molecule has 0 bridgehead atoms. The number of benzene rings is 2. The summed E-state index contributed by atoms with van der Waals surface area (Å²) in [6, 6.07) is 16.8. The van der Waals surface area contributed by atoms with E-state index in [-0.39, 0.29) is 5.91 Å². The molecule has 0 saturated heterocycles.